The molecule has 0 saturated carbocycles. The number of halogens is 1. The number of carbonyl (C=O) groups excluding carboxylic acids is 2. The summed E-state index contributed by atoms with van der Waals surface area (Å²) in [6.07, 6.45) is 3.08. The van der Waals surface area contributed by atoms with Gasteiger partial charge in [0.25, 0.3) is 5.91 Å². The largest absolute Gasteiger partial charge is 0.349 e. The topological polar surface area (TPSA) is 84.0 Å². The molecule has 6 nitrogen and oxygen atoms in total. The molecule has 0 unspecified atom stereocenters. The highest BCUT2D eigenvalue weighted by molar-refractivity contribution is 6.30. The number of nitrogens with zero attached hydrogens (tertiary/aromatic N) is 2. The predicted molar refractivity (Wildman–Crippen MR) is 77.7 cm³/mol. The summed E-state index contributed by atoms with van der Waals surface area (Å²) in [6, 6.07) is 8.43. The summed E-state index contributed by atoms with van der Waals surface area (Å²) in [7, 11) is 0. The van der Waals surface area contributed by atoms with Crippen molar-refractivity contribution in [2.24, 2.45) is 0 Å². The van der Waals surface area contributed by atoms with Crippen molar-refractivity contribution < 1.29 is 9.59 Å². The van der Waals surface area contributed by atoms with E-state index in [9.17, 15) is 9.59 Å². The summed E-state index contributed by atoms with van der Waals surface area (Å²) >= 11 is 5.76. The van der Waals surface area contributed by atoms with Gasteiger partial charge >= 0.3 is 0 Å². The van der Waals surface area contributed by atoms with Crippen LogP contribution in [-0.2, 0) is 11.3 Å². The Hall–Kier alpha value is -2.47. The van der Waals surface area contributed by atoms with Crippen molar-refractivity contribution in [2.75, 3.05) is 6.54 Å². The van der Waals surface area contributed by atoms with E-state index in [1.165, 1.54) is 12.3 Å². The summed E-state index contributed by atoms with van der Waals surface area (Å²) in [5, 5.41) is 5.54. The van der Waals surface area contributed by atoms with Crippen LogP contribution in [0.4, 0.5) is 0 Å². The maximum atomic E-state index is 11.8. The van der Waals surface area contributed by atoms with Crippen LogP contribution in [0.3, 0.4) is 0 Å². The summed E-state index contributed by atoms with van der Waals surface area (Å²) in [5.74, 6) is -0.762. The van der Waals surface area contributed by atoms with Gasteiger partial charge in [0.05, 0.1) is 18.8 Å². The van der Waals surface area contributed by atoms with Gasteiger partial charge in [-0.15, -0.1) is 0 Å². The van der Waals surface area contributed by atoms with Crippen LogP contribution in [0.5, 0.6) is 0 Å². The molecule has 0 aliphatic carbocycles. The Bertz CT molecular complexity index is 634. The Morgan fingerprint density at radius 3 is 2.67 bits per heavy atom. The SMILES string of the molecule is O=C(CNC(=O)c1cc(Cl)ccn1)NCc1ccccn1. The molecule has 21 heavy (non-hydrogen) atoms. The van der Waals surface area contributed by atoms with Crippen molar-refractivity contribution in [3.05, 3.63) is 59.1 Å². The van der Waals surface area contributed by atoms with Crippen LogP contribution in [-0.4, -0.2) is 28.3 Å². The van der Waals surface area contributed by atoms with Crippen LogP contribution in [0.25, 0.3) is 0 Å². The number of hydrogen-bond acceptors (Lipinski definition) is 4. The molecule has 2 aromatic rings. The van der Waals surface area contributed by atoms with Gasteiger partial charge < -0.3 is 10.6 Å². The van der Waals surface area contributed by atoms with Crippen LogP contribution in [0.1, 0.15) is 16.2 Å². The maximum absolute atomic E-state index is 11.8. The van der Waals surface area contributed by atoms with Gasteiger partial charge in [-0.05, 0) is 24.3 Å². The number of rotatable bonds is 5. The standard InChI is InChI=1S/C14H13ClN4O2/c15-10-4-6-17-12(7-10)14(21)19-9-13(20)18-8-11-3-1-2-5-16-11/h1-7H,8-9H2,(H,18,20)(H,19,21). The monoisotopic (exact) mass is 304 g/mol. The number of carbonyl (C=O) groups is 2. The van der Waals surface area contributed by atoms with Crippen LogP contribution in [0, 0.1) is 0 Å². The number of hydrogen-bond donors (Lipinski definition) is 2. The molecule has 2 rings (SSSR count). The first-order valence-corrected chi connectivity index (χ1v) is 6.59. The van der Waals surface area contributed by atoms with Gasteiger partial charge in [0.2, 0.25) is 5.91 Å². The van der Waals surface area contributed by atoms with Crippen molar-refractivity contribution in [3.8, 4) is 0 Å². The molecule has 0 spiro atoms. The minimum Gasteiger partial charge on any atom is -0.349 e. The summed E-state index contributed by atoms with van der Waals surface area (Å²) in [4.78, 5) is 31.3. The van der Waals surface area contributed by atoms with E-state index in [1.54, 1.807) is 24.4 Å². The Balaban J connectivity index is 1.77. The number of nitrogens with one attached hydrogen (secondary N) is 2. The number of amides is 2. The normalized spacial score (nSPS) is 9.95. The van der Waals surface area contributed by atoms with E-state index >= 15 is 0 Å². The first kappa shape index (κ1) is 14.9. The molecule has 2 heterocycles. The Morgan fingerprint density at radius 2 is 1.95 bits per heavy atom. The second-order valence-corrected chi connectivity index (χ2v) is 4.58. The van der Waals surface area contributed by atoms with E-state index in [4.69, 9.17) is 11.6 Å². The van der Waals surface area contributed by atoms with Gasteiger partial charge in [0, 0.05) is 17.4 Å². The van der Waals surface area contributed by atoms with Crippen molar-refractivity contribution in [3.63, 3.8) is 0 Å². The summed E-state index contributed by atoms with van der Waals surface area (Å²) in [5.41, 5.74) is 0.911. The van der Waals surface area contributed by atoms with Gasteiger partial charge in [-0.3, -0.25) is 19.6 Å². The third-order valence-electron chi connectivity index (χ3n) is 2.56. The zero-order valence-electron chi connectivity index (χ0n) is 11.0. The van der Waals surface area contributed by atoms with Gasteiger partial charge in [0.15, 0.2) is 0 Å². The lowest BCUT2D eigenvalue weighted by Crippen LogP contribution is -2.37. The zero-order chi connectivity index (χ0) is 15.1. The second-order valence-electron chi connectivity index (χ2n) is 4.14. The molecule has 108 valence electrons. The Labute approximate surface area is 126 Å². The average Bonchev–Trinajstić information content (AvgIpc) is 2.51. The van der Waals surface area contributed by atoms with Crippen LogP contribution >= 0.6 is 11.6 Å². The summed E-state index contributed by atoms with van der Waals surface area (Å²) < 4.78 is 0. The highest BCUT2D eigenvalue weighted by atomic mass is 35.5. The van der Waals surface area contributed by atoms with Crippen molar-refractivity contribution in [2.45, 2.75) is 6.54 Å². The fourth-order valence-electron chi connectivity index (χ4n) is 1.53. The highest BCUT2D eigenvalue weighted by Crippen LogP contribution is 2.07. The van der Waals surface area contributed by atoms with Gasteiger partial charge in [-0.1, -0.05) is 17.7 Å². The van der Waals surface area contributed by atoms with E-state index in [0.29, 0.717) is 11.6 Å². The number of pyridine rings is 2. The van der Waals surface area contributed by atoms with Crippen molar-refractivity contribution in [1.29, 1.82) is 0 Å². The highest BCUT2D eigenvalue weighted by Gasteiger charge is 2.09. The molecule has 7 heteroatoms. The predicted octanol–water partition coefficient (Wildman–Crippen LogP) is 1.18. The molecular weight excluding hydrogens is 292 g/mol. The fourth-order valence-corrected chi connectivity index (χ4v) is 1.69. The number of aromatic nitrogens is 2. The lowest BCUT2D eigenvalue weighted by atomic mass is 10.3. The van der Waals surface area contributed by atoms with Gasteiger partial charge in [0.1, 0.15) is 5.69 Å². The quantitative estimate of drug-likeness (QED) is 0.868. The van der Waals surface area contributed by atoms with E-state index in [0.717, 1.165) is 5.69 Å². The van der Waals surface area contributed by atoms with Crippen LogP contribution < -0.4 is 10.6 Å². The van der Waals surface area contributed by atoms with E-state index in [-0.39, 0.29) is 18.1 Å². The van der Waals surface area contributed by atoms with E-state index < -0.39 is 5.91 Å². The minimum absolute atomic E-state index is 0.139. The third kappa shape index (κ3) is 4.85. The minimum atomic E-state index is -0.453. The summed E-state index contributed by atoms with van der Waals surface area (Å²) in [6.45, 7) is 0.171. The van der Waals surface area contributed by atoms with E-state index in [2.05, 4.69) is 20.6 Å². The lowest BCUT2D eigenvalue weighted by Gasteiger charge is -2.06. The maximum Gasteiger partial charge on any atom is 0.270 e. The first-order chi connectivity index (χ1) is 10.1. The molecule has 0 aliphatic rings. The third-order valence-corrected chi connectivity index (χ3v) is 2.79. The van der Waals surface area contributed by atoms with Crippen LogP contribution in [0.2, 0.25) is 5.02 Å². The molecule has 0 bridgehead atoms. The molecule has 0 saturated heterocycles. The lowest BCUT2D eigenvalue weighted by molar-refractivity contribution is -0.120. The van der Waals surface area contributed by atoms with Gasteiger partial charge in [-0.25, -0.2) is 0 Å². The van der Waals surface area contributed by atoms with Gasteiger partial charge in [-0.2, -0.15) is 0 Å². The molecule has 2 amide bonds. The molecule has 0 aromatic carbocycles. The zero-order valence-corrected chi connectivity index (χ0v) is 11.8. The molecule has 0 aliphatic heterocycles. The Kier molecular flexibility index (Phi) is 5.22. The molecule has 2 aromatic heterocycles. The average molecular weight is 305 g/mol. The van der Waals surface area contributed by atoms with Crippen molar-refractivity contribution in [1.82, 2.24) is 20.6 Å². The van der Waals surface area contributed by atoms with E-state index in [1.807, 2.05) is 6.07 Å². The van der Waals surface area contributed by atoms with Crippen LogP contribution in [0.15, 0.2) is 42.7 Å². The molecule has 0 atom stereocenters. The smallest absolute Gasteiger partial charge is 0.270 e. The Morgan fingerprint density at radius 1 is 1.10 bits per heavy atom. The molecular formula is C14H13ClN4O2. The second kappa shape index (κ2) is 7.35. The van der Waals surface area contributed by atoms with Crippen molar-refractivity contribution >= 4 is 23.4 Å². The molecule has 0 radical (unpaired) electrons. The first-order valence-electron chi connectivity index (χ1n) is 6.21. The fraction of sp³-hybridized carbons (Fsp3) is 0.143. The molecule has 0 fully saturated rings. The molecule has 2 N–H and O–H groups in total.